The molecule has 8 heteroatoms. The van der Waals surface area contributed by atoms with Crippen LogP contribution in [0.25, 0.3) is 0 Å². The van der Waals surface area contributed by atoms with E-state index >= 15 is 0 Å². The number of benzene rings is 2. The number of hydrogen-bond acceptors (Lipinski definition) is 6. The molecule has 1 aliphatic rings. The monoisotopic (exact) mass is 370 g/mol. The first-order chi connectivity index (χ1) is 13.0. The summed E-state index contributed by atoms with van der Waals surface area (Å²) in [6.07, 6.45) is 0. The molecule has 0 saturated carbocycles. The average Bonchev–Trinajstić information content (AvgIpc) is 2.70. The number of carbonyl (C=O) groups is 3. The van der Waals surface area contributed by atoms with Crippen molar-refractivity contribution in [1.29, 1.82) is 0 Å². The highest BCUT2D eigenvalue weighted by Crippen LogP contribution is 2.30. The number of amides is 2. The van der Waals surface area contributed by atoms with Crippen molar-refractivity contribution in [3.63, 3.8) is 0 Å². The van der Waals surface area contributed by atoms with E-state index in [1.807, 2.05) is 0 Å². The van der Waals surface area contributed by atoms with Gasteiger partial charge in [0.15, 0.2) is 23.9 Å². The highest BCUT2D eigenvalue weighted by atomic mass is 16.6. The van der Waals surface area contributed by atoms with Gasteiger partial charge in [-0.2, -0.15) is 0 Å². The molecule has 0 radical (unpaired) electrons. The maximum Gasteiger partial charge on any atom is 0.276 e. The van der Waals surface area contributed by atoms with Crippen molar-refractivity contribution in [3.05, 3.63) is 53.6 Å². The molecule has 0 saturated heterocycles. The van der Waals surface area contributed by atoms with Gasteiger partial charge in [-0.05, 0) is 49.4 Å². The number of hydrogen-bond donors (Lipinski definition) is 2. The van der Waals surface area contributed by atoms with Gasteiger partial charge in [0, 0.05) is 11.1 Å². The third-order valence-electron chi connectivity index (χ3n) is 3.75. The van der Waals surface area contributed by atoms with Crippen LogP contribution in [0.3, 0.4) is 0 Å². The summed E-state index contributed by atoms with van der Waals surface area (Å²) in [5, 5.41) is 0. The fourth-order valence-corrected chi connectivity index (χ4v) is 2.35. The van der Waals surface area contributed by atoms with Gasteiger partial charge in [0.2, 0.25) is 0 Å². The lowest BCUT2D eigenvalue weighted by Gasteiger charge is -2.18. The van der Waals surface area contributed by atoms with Gasteiger partial charge in [-0.3, -0.25) is 25.2 Å². The van der Waals surface area contributed by atoms with E-state index in [9.17, 15) is 14.4 Å². The lowest BCUT2D eigenvalue weighted by Crippen LogP contribution is -2.43. The maximum absolute atomic E-state index is 12.1. The van der Waals surface area contributed by atoms with E-state index in [1.165, 1.54) is 6.92 Å². The predicted molar refractivity (Wildman–Crippen MR) is 95.0 cm³/mol. The molecule has 0 atom stereocenters. The van der Waals surface area contributed by atoms with Gasteiger partial charge in [0.05, 0.1) is 0 Å². The molecular formula is C19H18N2O6. The number of fused-ring (bicyclic) bond motifs is 1. The molecule has 3 rings (SSSR count). The minimum atomic E-state index is -0.531. The molecule has 0 aromatic heterocycles. The summed E-state index contributed by atoms with van der Waals surface area (Å²) in [5.41, 5.74) is 5.45. The molecule has 1 heterocycles. The van der Waals surface area contributed by atoms with Gasteiger partial charge in [0.1, 0.15) is 19.0 Å². The molecule has 2 N–H and O–H groups in total. The van der Waals surface area contributed by atoms with Crippen molar-refractivity contribution in [1.82, 2.24) is 10.9 Å². The van der Waals surface area contributed by atoms with Crippen LogP contribution in [0.2, 0.25) is 0 Å². The fourth-order valence-electron chi connectivity index (χ4n) is 2.35. The molecule has 2 amide bonds. The second kappa shape index (κ2) is 8.22. The minimum absolute atomic E-state index is 0.0545. The average molecular weight is 370 g/mol. The number of carbonyl (C=O) groups excluding carboxylic acids is 3. The van der Waals surface area contributed by atoms with Gasteiger partial charge in [-0.25, -0.2) is 0 Å². The minimum Gasteiger partial charge on any atom is -0.486 e. The van der Waals surface area contributed by atoms with Crippen molar-refractivity contribution < 1.29 is 28.6 Å². The van der Waals surface area contributed by atoms with Gasteiger partial charge in [0.25, 0.3) is 11.8 Å². The van der Waals surface area contributed by atoms with Crippen LogP contribution in [0.15, 0.2) is 42.5 Å². The molecule has 1 aliphatic heterocycles. The molecule has 8 nitrogen and oxygen atoms in total. The smallest absolute Gasteiger partial charge is 0.276 e. The molecule has 2 aromatic carbocycles. The van der Waals surface area contributed by atoms with E-state index < -0.39 is 11.8 Å². The Kier molecular flexibility index (Phi) is 5.55. The largest absolute Gasteiger partial charge is 0.486 e. The standard InChI is InChI=1S/C19H18N2O6/c1-12(22)13-2-5-15(6-3-13)27-11-18(23)20-21-19(24)14-4-7-16-17(10-14)26-9-8-25-16/h2-7,10H,8-9,11H2,1H3,(H,20,23)(H,21,24). The molecule has 0 unspecified atom stereocenters. The van der Waals surface area contributed by atoms with Crippen LogP contribution in [0.5, 0.6) is 17.2 Å². The Morgan fingerprint density at radius 3 is 2.30 bits per heavy atom. The number of ketones is 1. The van der Waals surface area contributed by atoms with Crippen molar-refractivity contribution >= 4 is 17.6 Å². The Balaban J connectivity index is 1.47. The summed E-state index contributed by atoms with van der Waals surface area (Å²) in [6.45, 7) is 2.06. The number of rotatable bonds is 5. The van der Waals surface area contributed by atoms with Crippen LogP contribution in [0.4, 0.5) is 0 Å². The van der Waals surface area contributed by atoms with E-state index in [-0.39, 0.29) is 12.4 Å². The summed E-state index contributed by atoms with van der Waals surface area (Å²) in [6, 6.07) is 11.2. The molecule has 2 aromatic rings. The van der Waals surface area contributed by atoms with Crippen LogP contribution < -0.4 is 25.1 Å². The second-order valence-corrected chi connectivity index (χ2v) is 5.73. The third-order valence-corrected chi connectivity index (χ3v) is 3.75. The highest BCUT2D eigenvalue weighted by molar-refractivity contribution is 5.96. The van der Waals surface area contributed by atoms with Gasteiger partial charge in [-0.15, -0.1) is 0 Å². The first-order valence-corrected chi connectivity index (χ1v) is 8.25. The molecule has 0 spiro atoms. The zero-order valence-electron chi connectivity index (χ0n) is 14.6. The first-order valence-electron chi connectivity index (χ1n) is 8.25. The molecule has 0 aliphatic carbocycles. The SMILES string of the molecule is CC(=O)c1ccc(OCC(=O)NNC(=O)c2ccc3c(c2)OCCO3)cc1. The van der Waals surface area contributed by atoms with Crippen molar-refractivity contribution in [2.45, 2.75) is 6.92 Å². The van der Waals surface area contributed by atoms with E-state index in [2.05, 4.69) is 10.9 Å². The lowest BCUT2D eigenvalue weighted by molar-refractivity contribution is -0.123. The van der Waals surface area contributed by atoms with E-state index in [4.69, 9.17) is 14.2 Å². The van der Waals surface area contributed by atoms with Crippen LogP contribution in [-0.2, 0) is 4.79 Å². The first kappa shape index (κ1) is 18.2. The Morgan fingerprint density at radius 1 is 0.926 bits per heavy atom. The maximum atomic E-state index is 12.1. The number of nitrogens with one attached hydrogen (secondary N) is 2. The summed E-state index contributed by atoms with van der Waals surface area (Å²) >= 11 is 0. The zero-order chi connectivity index (χ0) is 19.2. The van der Waals surface area contributed by atoms with E-state index in [0.717, 1.165) is 0 Å². The van der Waals surface area contributed by atoms with Crippen LogP contribution >= 0.6 is 0 Å². The summed E-state index contributed by atoms with van der Waals surface area (Å²) < 4.78 is 16.1. The summed E-state index contributed by atoms with van der Waals surface area (Å²) in [7, 11) is 0. The normalized spacial score (nSPS) is 12.0. The Hall–Kier alpha value is -3.55. The summed E-state index contributed by atoms with van der Waals surface area (Å²) in [4.78, 5) is 35.1. The molecular weight excluding hydrogens is 352 g/mol. The zero-order valence-corrected chi connectivity index (χ0v) is 14.6. The van der Waals surface area contributed by atoms with E-state index in [1.54, 1.807) is 42.5 Å². The highest BCUT2D eigenvalue weighted by Gasteiger charge is 2.15. The topological polar surface area (TPSA) is 103 Å². The van der Waals surface area contributed by atoms with Crippen molar-refractivity contribution in [2.24, 2.45) is 0 Å². The molecule has 140 valence electrons. The lowest BCUT2D eigenvalue weighted by atomic mass is 10.1. The number of ether oxygens (including phenoxy) is 3. The van der Waals surface area contributed by atoms with Gasteiger partial charge >= 0.3 is 0 Å². The Morgan fingerprint density at radius 2 is 1.59 bits per heavy atom. The fraction of sp³-hybridized carbons (Fsp3) is 0.211. The van der Waals surface area contributed by atoms with Crippen molar-refractivity contribution in [2.75, 3.05) is 19.8 Å². The summed E-state index contributed by atoms with van der Waals surface area (Å²) in [5.74, 6) is 0.417. The predicted octanol–water partition coefficient (Wildman–Crippen LogP) is 1.50. The molecule has 0 bridgehead atoms. The van der Waals surface area contributed by atoms with Crippen LogP contribution in [0.1, 0.15) is 27.6 Å². The molecule has 27 heavy (non-hydrogen) atoms. The third kappa shape index (κ3) is 4.75. The van der Waals surface area contributed by atoms with Crippen LogP contribution in [-0.4, -0.2) is 37.4 Å². The number of hydrazine groups is 1. The quantitative estimate of drug-likeness (QED) is 0.611. The Labute approximate surface area is 155 Å². The number of Topliss-reactive ketones (excluding diaryl/α,β-unsaturated/α-hetero) is 1. The Bertz CT molecular complexity index is 863. The van der Waals surface area contributed by atoms with Gasteiger partial charge in [-0.1, -0.05) is 0 Å². The van der Waals surface area contributed by atoms with Crippen LogP contribution in [0, 0.1) is 0 Å². The van der Waals surface area contributed by atoms with E-state index in [0.29, 0.717) is 41.6 Å². The van der Waals surface area contributed by atoms with Gasteiger partial charge < -0.3 is 14.2 Å². The van der Waals surface area contributed by atoms with Crippen molar-refractivity contribution in [3.8, 4) is 17.2 Å². The molecule has 0 fully saturated rings. The second-order valence-electron chi connectivity index (χ2n) is 5.73.